The second-order valence-electron chi connectivity index (χ2n) is 5.49. The number of carbonyl (C=O) groups is 1. The molecule has 4 N–H and O–H groups in total. The summed E-state index contributed by atoms with van der Waals surface area (Å²) in [6.45, 7) is 0.0867. The molecule has 1 aliphatic carbocycles. The van der Waals surface area contributed by atoms with Gasteiger partial charge < -0.3 is 16.2 Å². The van der Waals surface area contributed by atoms with Crippen LogP contribution in [0.2, 0.25) is 0 Å². The van der Waals surface area contributed by atoms with Crippen molar-refractivity contribution < 1.29 is 14.3 Å². The molecule has 4 nitrogen and oxygen atoms in total. The Morgan fingerprint density at radius 2 is 1.86 bits per heavy atom. The van der Waals surface area contributed by atoms with E-state index < -0.39 is 11.6 Å². The lowest BCUT2D eigenvalue weighted by molar-refractivity contribution is -0.128. The van der Waals surface area contributed by atoms with E-state index in [1.54, 1.807) is 0 Å². The van der Waals surface area contributed by atoms with Crippen LogP contribution in [0, 0.1) is 5.82 Å². The van der Waals surface area contributed by atoms with E-state index in [-0.39, 0.29) is 30.7 Å². The summed E-state index contributed by atoms with van der Waals surface area (Å²) in [5.74, 6) is -0.563. The standard InChI is InChI=1S/C15H21FN2O2.ClH/c16-12-6-4-11(5-7-12)13(19)10-18-14(20)15(17)8-2-1-3-9-15;/h4-7,13,19H,1-3,8-10,17H2,(H,18,20);1H. The first-order chi connectivity index (χ1) is 9.51. The summed E-state index contributed by atoms with van der Waals surface area (Å²) in [4.78, 5) is 12.1. The number of hydrogen-bond donors (Lipinski definition) is 3. The average molecular weight is 317 g/mol. The Hall–Kier alpha value is -1.17. The van der Waals surface area contributed by atoms with Crippen LogP contribution in [-0.4, -0.2) is 23.1 Å². The van der Waals surface area contributed by atoms with E-state index in [2.05, 4.69) is 5.32 Å². The number of amides is 1. The normalized spacial score (nSPS) is 18.4. The highest BCUT2D eigenvalue weighted by molar-refractivity contribution is 5.86. The van der Waals surface area contributed by atoms with Crippen molar-refractivity contribution in [2.75, 3.05) is 6.54 Å². The summed E-state index contributed by atoms with van der Waals surface area (Å²) in [6, 6.07) is 5.58. The minimum absolute atomic E-state index is 0. The molecule has 118 valence electrons. The van der Waals surface area contributed by atoms with Crippen molar-refractivity contribution in [3.8, 4) is 0 Å². The lowest BCUT2D eigenvalue weighted by Crippen LogP contribution is -2.55. The Morgan fingerprint density at radius 1 is 1.29 bits per heavy atom. The fraction of sp³-hybridized carbons (Fsp3) is 0.533. The number of rotatable bonds is 4. The zero-order valence-corrected chi connectivity index (χ0v) is 12.7. The highest BCUT2D eigenvalue weighted by Crippen LogP contribution is 2.26. The van der Waals surface area contributed by atoms with E-state index in [4.69, 9.17) is 5.73 Å². The van der Waals surface area contributed by atoms with Gasteiger partial charge in [-0.15, -0.1) is 12.4 Å². The van der Waals surface area contributed by atoms with Crippen LogP contribution in [0.25, 0.3) is 0 Å². The SMILES string of the molecule is Cl.NC1(C(=O)NCC(O)c2ccc(F)cc2)CCCCC1. The predicted molar refractivity (Wildman–Crippen MR) is 81.6 cm³/mol. The lowest BCUT2D eigenvalue weighted by Gasteiger charge is -2.32. The van der Waals surface area contributed by atoms with Crippen molar-refractivity contribution in [3.05, 3.63) is 35.6 Å². The van der Waals surface area contributed by atoms with Crippen LogP contribution in [0.15, 0.2) is 24.3 Å². The molecule has 0 heterocycles. The lowest BCUT2D eigenvalue weighted by atomic mass is 9.82. The molecule has 1 aliphatic rings. The summed E-state index contributed by atoms with van der Waals surface area (Å²) in [5.41, 5.74) is 5.87. The Labute approximate surface area is 130 Å². The van der Waals surface area contributed by atoms with Crippen molar-refractivity contribution in [1.29, 1.82) is 0 Å². The number of benzene rings is 1. The fourth-order valence-electron chi connectivity index (χ4n) is 2.58. The van der Waals surface area contributed by atoms with Crippen molar-refractivity contribution >= 4 is 18.3 Å². The van der Waals surface area contributed by atoms with Crippen LogP contribution in [0.3, 0.4) is 0 Å². The maximum atomic E-state index is 12.8. The molecule has 1 saturated carbocycles. The molecule has 2 rings (SSSR count). The summed E-state index contributed by atoms with van der Waals surface area (Å²) in [7, 11) is 0. The summed E-state index contributed by atoms with van der Waals surface area (Å²) >= 11 is 0. The quantitative estimate of drug-likeness (QED) is 0.796. The smallest absolute Gasteiger partial charge is 0.240 e. The number of hydrogen-bond acceptors (Lipinski definition) is 3. The van der Waals surface area contributed by atoms with Crippen LogP contribution < -0.4 is 11.1 Å². The molecule has 1 aromatic rings. The molecular weight excluding hydrogens is 295 g/mol. The van der Waals surface area contributed by atoms with Gasteiger partial charge in [0.05, 0.1) is 11.6 Å². The van der Waals surface area contributed by atoms with Crippen LogP contribution in [0.4, 0.5) is 4.39 Å². The number of aliphatic hydroxyl groups excluding tert-OH is 1. The molecule has 0 saturated heterocycles. The number of carbonyl (C=O) groups excluding carboxylic acids is 1. The third-order valence-electron chi connectivity index (χ3n) is 3.91. The van der Waals surface area contributed by atoms with E-state index in [0.717, 1.165) is 19.3 Å². The summed E-state index contributed by atoms with van der Waals surface area (Å²) in [6.07, 6.45) is 3.56. The van der Waals surface area contributed by atoms with E-state index in [1.807, 2.05) is 0 Å². The largest absolute Gasteiger partial charge is 0.387 e. The van der Waals surface area contributed by atoms with Gasteiger partial charge in [0.25, 0.3) is 0 Å². The van der Waals surface area contributed by atoms with Gasteiger partial charge in [-0.3, -0.25) is 4.79 Å². The van der Waals surface area contributed by atoms with Gasteiger partial charge in [0.1, 0.15) is 5.82 Å². The highest BCUT2D eigenvalue weighted by atomic mass is 35.5. The van der Waals surface area contributed by atoms with Gasteiger partial charge in [-0.05, 0) is 30.5 Å². The van der Waals surface area contributed by atoms with Crippen LogP contribution in [0.5, 0.6) is 0 Å². The third kappa shape index (κ3) is 4.66. The number of aliphatic hydroxyl groups is 1. The van der Waals surface area contributed by atoms with Gasteiger partial charge in [-0.2, -0.15) is 0 Å². The van der Waals surface area contributed by atoms with Crippen molar-refractivity contribution in [2.24, 2.45) is 5.73 Å². The Bertz CT molecular complexity index is 461. The molecule has 6 heteroatoms. The molecule has 0 bridgehead atoms. The molecule has 1 atom stereocenters. The van der Waals surface area contributed by atoms with E-state index in [9.17, 15) is 14.3 Å². The summed E-state index contributed by atoms with van der Waals surface area (Å²) in [5, 5.41) is 12.7. The van der Waals surface area contributed by atoms with E-state index in [0.29, 0.717) is 18.4 Å². The minimum atomic E-state index is -0.855. The molecule has 0 aromatic heterocycles. The van der Waals surface area contributed by atoms with Gasteiger partial charge in [0.15, 0.2) is 0 Å². The monoisotopic (exact) mass is 316 g/mol. The zero-order chi connectivity index (χ0) is 14.6. The van der Waals surface area contributed by atoms with Crippen LogP contribution in [-0.2, 0) is 4.79 Å². The third-order valence-corrected chi connectivity index (χ3v) is 3.91. The average Bonchev–Trinajstić information content (AvgIpc) is 2.46. The topological polar surface area (TPSA) is 75.4 Å². The number of nitrogens with one attached hydrogen (secondary N) is 1. The Balaban J connectivity index is 0.00000220. The zero-order valence-electron chi connectivity index (χ0n) is 11.8. The molecule has 1 fully saturated rings. The first kappa shape index (κ1) is 17.9. The highest BCUT2D eigenvalue weighted by Gasteiger charge is 2.35. The molecule has 21 heavy (non-hydrogen) atoms. The van der Waals surface area contributed by atoms with Gasteiger partial charge >= 0.3 is 0 Å². The van der Waals surface area contributed by atoms with E-state index in [1.165, 1.54) is 24.3 Å². The molecule has 1 aromatic carbocycles. The fourth-order valence-corrected chi connectivity index (χ4v) is 2.58. The van der Waals surface area contributed by atoms with Gasteiger partial charge in [-0.1, -0.05) is 31.4 Å². The van der Waals surface area contributed by atoms with Gasteiger partial charge in [0, 0.05) is 6.54 Å². The number of nitrogens with two attached hydrogens (primary N) is 1. The molecule has 0 spiro atoms. The van der Waals surface area contributed by atoms with Gasteiger partial charge in [0.2, 0.25) is 5.91 Å². The molecular formula is C15H22ClFN2O2. The maximum absolute atomic E-state index is 12.8. The number of halogens is 2. The van der Waals surface area contributed by atoms with Crippen molar-refractivity contribution in [2.45, 2.75) is 43.7 Å². The Kier molecular flexibility index (Phi) is 6.58. The maximum Gasteiger partial charge on any atom is 0.240 e. The second kappa shape index (κ2) is 7.73. The first-order valence-electron chi connectivity index (χ1n) is 7.02. The van der Waals surface area contributed by atoms with Crippen molar-refractivity contribution in [3.63, 3.8) is 0 Å². The van der Waals surface area contributed by atoms with Crippen LogP contribution >= 0.6 is 12.4 Å². The van der Waals surface area contributed by atoms with Crippen LogP contribution in [0.1, 0.15) is 43.8 Å². The molecule has 0 aliphatic heterocycles. The minimum Gasteiger partial charge on any atom is -0.387 e. The Morgan fingerprint density at radius 3 is 2.43 bits per heavy atom. The first-order valence-corrected chi connectivity index (χ1v) is 7.02. The molecule has 0 radical (unpaired) electrons. The molecule has 1 amide bonds. The van der Waals surface area contributed by atoms with E-state index >= 15 is 0 Å². The van der Waals surface area contributed by atoms with Crippen molar-refractivity contribution in [1.82, 2.24) is 5.32 Å². The molecule has 1 unspecified atom stereocenters. The van der Waals surface area contributed by atoms with Gasteiger partial charge in [-0.25, -0.2) is 4.39 Å². The second-order valence-corrected chi connectivity index (χ2v) is 5.49. The predicted octanol–water partition coefficient (Wildman–Crippen LogP) is 2.06. The summed E-state index contributed by atoms with van der Waals surface area (Å²) < 4.78 is 12.8.